The lowest BCUT2D eigenvalue weighted by Crippen LogP contribution is -2.35. The minimum absolute atomic E-state index is 0.112. The first-order chi connectivity index (χ1) is 10.7. The molecule has 114 valence electrons. The smallest absolute Gasteiger partial charge is 0.274 e. The predicted octanol–water partition coefficient (Wildman–Crippen LogP) is 2.18. The topological polar surface area (TPSA) is 66.1 Å². The van der Waals surface area contributed by atoms with E-state index in [1.165, 1.54) is 17.7 Å². The lowest BCUT2D eigenvalue weighted by molar-refractivity contribution is 0.0747. The standard InChI is InChI=1S/C17H19N3O2/c21-16-10-9-15(18-19-16)17(22)20-11-5-4-8-14(12-20)13-6-2-1-3-7-13/h1-3,6-7,9-10,14H,4-5,8,11-12H2,(H,19,21). The number of likely N-dealkylation sites (tertiary alicyclic amines) is 1. The molecular formula is C17H19N3O2. The van der Waals surface area contributed by atoms with Crippen molar-refractivity contribution in [3.05, 3.63) is 64.1 Å². The Morgan fingerprint density at radius 2 is 1.95 bits per heavy atom. The maximum Gasteiger partial charge on any atom is 0.274 e. The summed E-state index contributed by atoms with van der Waals surface area (Å²) < 4.78 is 0. The van der Waals surface area contributed by atoms with Gasteiger partial charge in [-0.2, -0.15) is 5.10 Å². The second kappa shape index (κ2) is 6.56. The third-order valence-electron chi connectivity index (χ3n) is 4.13. The highest BCUT2D eigenvalue weighted by atomic mass is 16.2. The zero-order chi connectivity index (χ0) is 15.4. The number of aromatic amines is 1. The normalized spacial score (nSPS) is 18.7. The summed E-state index contributed by atoms with van der Waals surface area (Å²) in [7, 11) is 0. The van der Waals surface area contributed by atoms with E-state index in [4.69, 9.17) is 0 Å². The zero-order valence-electron chi connectivity index (χ0n) is 12.4. The number of rotatable bonds is 2. The number of hydrogen-bond donors (Lipinski definition) is 1. The van der Waals surface area contributed by atoms with Crippen molar-refractivity contribution in [3.63, 3.8) is 0 Å². The highest BCUT2D eigenvalue weighted by Crippen LogP contribution is 2.26. The quantitative estimate of drug-likeness (QED) is 0.924. The Labute approximate surface area is 129 Å². The maximum atomic E-state index is 12.6. The van der Waals surface area contributed by atoms with Crippen molar-refractivity contribution < 1.29 is 4.79 Å². The molecule has 1 aromatic carbocycles. The zero-order valence-corrected chi connectivity index (χ0v) is 12.4. The minimum Gasteiger partial charge on any atom is -0.337 e. The van der Waals surface area contributed by atoms with Crippen LogP contribution in [0.15, 0.2) is 47.3 Å². The molecule has 0 bridgehead atoms. The van der Waals surface area contributed by atoms with Gasteiger partial charge in [0.15, 0.2) is 0 Å². The van der Waals surface area contributed by atoms with Crippen LogP contribution in [0.3, 0.4) is 0 Å². The summed E-state index contributed by atoms with van der Waals surface area (Å²) in [4.78, 5) is 25.5. The third-order valence-corrected chi connectivity index (χ3v) is 4.13. The molecule has 0 radical (unpaired) electrons. The van der Waals surface area contributed by atoms with Crippen LogP contribution in [0.4, 0.5) is 0 Å². The lowest BCUT2D eigenvalue weighted by Gasteiger charge is -2.24. The van der Waals surface area contributed by atoms with Gasteiger partial charge in [0.25, 0.3) is 11.5 Å². The Balaban J connectivity index is 1.79. The number of aromatic nitrogens is 2. The number of amides is 1. The number of H-pyrrole nitrogens is 1. The first-order valence-corrected chi connectivity index (χ1v) is 7.64. The van der Waals surface area contributed by atoms with Gasteiger partial charge in [-0.15, -0.1) is 0 Å². The van der Waals surface area contributed by atoms with E-state index in [2.05, 4.69) is 22.3 Å². The van der Waals surface area contributed by atoms with Crippen molar-refractivity contribution in [1.29, 1.82) is 0 Å². The summed E-state index contributed by atoms with van der Waals surface area (Å²) in [5.41, 5.74) is 1.28. The average Bonchev–Trinajstić information content (AvgIpc) is 2.82. The van der Waals surface area contributed by atoms with E-state index in [1.54, 1.807) is 0 Å². The second-order valence-corrected chi connectivity index (χ2v) is 5.66. The number of benzene rings is 1. The van der Waals surface area contributed by atoms with Gasteiger partial charge in [0.1, 0.15) is 5.69 Å². The van der Waals surface area contributed by atoms with E-state index in [1.807, 2.05) is 23.1 Å². The number of hydrogen-bond acceptors (Lipinski definition) is 3. The number of nitrogens with zero attached hydrogens (tertiary/aromatic N) is 2. The molecule has 1 aliphatic heterocycles. The van der Waals surface area contributed by atoms with Crippen molar-refractivity contribution >= 4 is 5.91 Å². The summed E-state index contributed by atoms with van der Waals surface area (Å²) >= 11 is 0. The first-order valence-electron chi connectivity index (χ1n) is 7.64. The van der Waals surface area contributed by atoms with Crippen molar-refractivity contribution in [2.75, 3.05) is 13.1 Å². The maximum absolute atomic E-state index is 12.6. The molecule has 0 saturated carbocycles. The molecule has 2 heterocycles. The van der Waals surface area contributed by atoms with Gasteiger partial charge in [-0.3, -0.25) is 9.59 Å². The summed E-state index contributed by atoms with van der Waals surface area (Å²) in [6.45, 7) is 1.44. The van der Waals surface area contributed by atoms with E-state index in [-0.39, 0.29) is 11.5 Å². The van der Waals surface area contributed by atoms with E-state index < -0.39 is 0 Å². The van der Waals surface area contributed by atoms with Crippen molar-refractivity contribution in [3.8, 4) is 0 Å². The molecule has 5 heteroatoms. The highest BCUT2D eigenvalue weighted by molar-refractivity contribution is 5.92. The van der Waals surface area contributed by atoms with Crippen LogP contribution in [-0.2, 0) is 0 Å². The van der Waals surface area contributed by atoms with Crippen molar-refractivity contribution in [1.82, 2.24) is 15.1 Å². The molecule has 0 aliphatic carbocycles. The number of carbonyl (C=O) groups excluding carboxylic acids is 1. The molecule has 22 heavy (non-hydrogen) atoms. The fourth-order valence-electron chi connectivity index (χ4n) is 2.95. The summed E-state index contributed by atoms with van der Waals surface area (Å²) in [6, 6.07) is 13.2. The summed E-state index contributed by atoms with van der Waals surface area (Å²) in [5.74, 6) is 0.245. The Bertz CT molecular complexity index is 676. The molecule has 1 saturated heterocycles. The van der Waals surface area contributed by atoms with Gasteiger partial charge in [-0.05, 0) is 24.5 Å². The molecule has 1 amide bonds. The molecule has 5 nitrogen and oxygen atoms in total. The first kappa shape index (κ1) is 14.5. The fraction of sp³-hybridized carbons (Fsp3) is 0.353. The molecule has 1 aliphatic rings. The van der Waals surface area contributed by atoms with Gasteiger partial charge >= 0.3 is 0 Å². The number of carbonyl (C=O) groups is 1. The predicted molar refractivity (Wildman–Crippen MR) is 83.8 cm³/mol. The van der Waals surface area contributed by atoms with Gasteiger partial charge in [0, 0.05) is 25.1 Å². The van der Waals surface area contributed by atoms with E-state index >= 15 is 0 Å². The molecule has 2 aromatic rings. The van der Waals surface area contributed by atoms with Crippen molar-refractivity contribution in [2.24, 2.45) is 0 Å². The van der Waals surface area contributed by atoms with E-state index in [0.29, 0.717) is 18.2 Å². The molecule has 1 N–H and O–H groups in total. The Morgan fingerprint density at radius 1 is 1.14 bits per heavy atom. The van der Waals surface area contributed by atoms with E-state index in [0.717, 1.165) is 25.8 Å². The molecule has 3 rings (SSSR count). The van der Waals surface area contributed by atoms with Crippen LogP contribution in [0.2, 0.25) is 0 Å². The fourth-order valence-corrected chi connectivity index (χ4v) is 2.95. The number of nitrogens with one attached hydrogen (secondary N) is 1. The van der Waals surface area contributed by atoms with Crippen LogP contribution in [0, 0.1) is 0 Å². The SMILES string of the molecule is O=C(c1ccc(=O)[nH]n1)N1CCCCC(c2ccccc2)C1. The van der Waals surface area contributed by atoms with Crippen LogP contribution in [0.25, 0.3) is 0 Å². The van der Waals surface area contributed by atoms with E-state index in [9.17, 15) is 9.59 Å². The van der Waals surface area contributed by atoms with Gasteiger partial charge in [-0.25, -0.2) is 5.10 Å². The molecule has 1 fully saturated rings. The van der Waals surface area contributed by atoms with Crippen LogP contribution < -0.4 is 5.56 Å². The van der Waals surface area contributed by atoms with Crippen LogP contribution in [-0.4, -0.2) is 34.1 Å². The second-order valence-electron chi connectivity index (χ2n) is 5.66. The lowest BCUT2D eigenvalue weighted by atomic mass is 9.94. The monoisotopic (exact) mass is 297 g/mol. The minimum atomic E-state index is -0.297. The molecule has 1 aromatic heterocycles. The van der Waals surface area contributed by atoms with Crippen molar-refractivity contribution in [2.45, 2.75) is 25.2 Å². The summed E-state index contributed by atoms with van der Waals surface area (Å²) in [5, 5.41) is 6.18. The van der Waals surface area contributed by atoms with Crippen LogP contribution in [0.1, 0.15) is 41.2 Å². The average molecular weight is 297 g/mol. The highest BCUT2D eigenvalue weighted by Gasteiger charge is 2.24. The molecular weight excluding hydrogens is 278 g/mol. The van der Waals surface area contributed by atoms with Gasteiger partial charge < -0.3 is 4.90 Å². The summed E-state index contributed by atoms with van der Waals surface area (Å²) in [6.07, 6.45) is 3.20. The van der Waals surface area contributed by atoms with Gasteiger partial charge in [-0.1, -0.05) is 36.8 Å². The van der Waals surface area contributed by atoms with Gasteiger partial charge in [0.05, 0.1) is 0 Å². The van der Waals surface area contributed by atoms with Crippen LogP contribution in [0.5, 0.6) is 0 Å². The third kappa shape index (κ3) is 3.24. The molecule has 1 atom stereocenters. The molecule has 0 spiro atoms. The Hall–Kier alpha value is -2.43. The Morgan fingerprint density at radius 3 is 2.68 bits per heavy atom. The Kier molecular flexibility index (Phi) is 4.32. The largest absolute Gasteiger partial charge is 0.337 e. The van der Waals surface area contributed by atoms with Gasteiger partial charge in [0.2, 0.25) is 0 Å². The van der Waals surface area contributed by atoms with Crippen LogP contribution >= 0.6 is 0 Å². The molecule has 1 unspecified atom stereocenters.